The second-order valence-electron chi connectivity index (χ2n) is 34.6. The van der Waals surface area contributed by atoms with E-state index in [-0.39, 0.29) is 94.3 Å². The van der Waals surface area contributed by atoms with Crippen molar-refractivity contribution >= 4 is 96.4 Å². The number of likely N-dealkylation sites (N-methyl/N-ethyl adjacent to an activating group) is 1. The van der Waals surface area contributed by atoms with Gasteiger partial charge in [-0.25, -0.2) is 38.6 Å². The topological polar surface area (TPSA) is 611 Å². The maximum Gasteiger partial charge on any atom is 0.345 e. The summed E-state index contributed by atoms with van der Waals surface area (Å²) in [6, 6.07) is 24.8. The molecule has 14 atom stereocenters. The second kappa shape index (κ2) is 48.4. The summed E-state index contributed by atoms with van der Waals surface area (Å²) in [6.45, 7) is 5.57. The van der Waals surface area contributed by atoms with Gasteiger partial charge in [0.2, 0.25) is 35.6 Å². The summed E-state index contributed by atoms with van der Waals surface area (Å²) in [6.07, 6.45) is -12.9. The third kappa shape index (κ3) is 27.3. The summed E-state index contributed by atoms with van der Waals surface area (Å²) in [4.78, 5) is 128. The number of carbonyl (C=O) groups is 8. The van der Waals surface area contributed by atoms with Gasteiger partial charge >= 0.3 is 12.0 Å². The van der Waals surface area contributed by atoms with E-state index in [2.05, 4.69) is 63.8 Å². The van der Waals surface area contributed by atoms with Crippen LogP contribution in [0.5, 0.6) is 23.1 Å². The number of carboxylic acid groups (broad SMARTS) is 1. The highest BCUT2D eigenvalue weighted by Crippen LogP contribution is 2.50. The van der Waals surface area contributed by atoms with Crippen molar-refractivity contribution < 1.29 is 144 Å². The Labute approximate surface area is 816 Å². The average molecular weight is 2020 g/mol. The van der Waals surface area contributed by atoms with Crippen LogP contribution in [0.4, 0.5) is 14.9 Å². The van der Waals surface area contributed by atoms with E-state index < -0.39 is 180 Å². The van der Waals surface area contributed by atoms with Crippen LogP contribution in [0.25, 0.3) is 43.2 Å². The van der Waals surface area contributed by atoms with Crippen molar-refractivity contribution in [2.45, 2.75) is 158 Å². The number of amides is 8. The fourth-order valence-corrected chi connectivity index (χ4v) is 18.5. The van der Waals surface area contributed by atoms with Gasteiger partial charge in [0.1, 0.15) is 132 Å². The maximum absolute atomic E-state index is 14.8. The lowest BCUT2D eigenvalue weighted by Gasteiger charge is -2.45. The average Bonchev–Trinajstić information content (AvgIpc) is 1.58. The van der Waals surface area contributed by atoms with E-state index in [0.717, 1.165) is 27.3 Å². The number of aliphatic hydroxyl groups excluding tert-OH is 7. The SMILES string of the molecule is COc1ccccc1-c1nccc(COc2ccccc2C[C@@H](Oc2ncnc3sc(-c4ccc(F)cc4)c(-c4ccc(OCCN5CC[N+](C)(Cc6ccc(NC(=O)[C@H](CCCNC(N)=O)NC(=O)[C@@H](NC(=O)[C@H](CS(=O)(=O)O)NC(=O)CCOCCN7C(=O)C=CC7=O)C(C)C)cc6COCc6cn([C@H]7OC(CO)[C@H](O[C@H]8OC(CO)[C@@H](O)C(O)[C@H]8O)C(O)[C@H]7O)nn6)CC5)c(Cl)c4C)c23)C(=O)O)n1. The zero-order valence-electron chi connectivity index (χ0n) is 77.2. The summed E-state index contributed by atoms with van der Waals surface area (Å²) in [5, 5.41) is 107. The lowest BCUT2D eigenvalue weighted by Crippen LogP contribution is -2.63. The first-order valence-corrected chi connectivity index (χ1v) is 47.8. The summed E-state index contributed by atoms with van der Waals surface area (Å²) in [5.41, 5.74) is 11.1. The molecule has 0 aliphatic carbocycles. The van der Waals surface area contributed by atoms with Crippen LogP contribution in [0.2, 0.25) is 5.02 Å². The molecule has 4 unspecified atom stereocenters. The van der Waals surface area contributed by atoms with Crippen molar-refractivity contribution in [3.8, 4) is 56.1 Å². The number of piperazine rings is 1. The minimum absolute atomic E-state index is 0.00867. The fourth-order valence-electron chi connectivity index (χ4n) is 16.4. The van der Waals surface area contributed by atoms with Crippen LogP contribution >= 0.6 is 22.9 Å². The van der Waals surface area contributed by atoms with E-state index in [1.54, 1.807) is 86.1 Å². The number of carboxylic acids is 1. The summed E-state index contributed by atoms with van der Waals surface area (Å²) >= 11 is 8.61. The zero-order valence-corrected chi connectivity index (χ0v) is 79.6. The highest BCUT2D eigenvalue weighted by Gasteiger charge is 2.52. The van der Waals surface area contributed by atoms with Gasteiger partial charge in [-0.3, -0.25) is 43.1 Å². The van der Waals surface area contributed by atoms with E-state index >= 15 is 0 Å². The highest BCUT2D eigenvalue weighted by atomic mass is 35.5. The number of halogens is 2. The number of primary amides is 1. The molecule has 8 heterocycles. The first-order chi connectivity index (χ1) is 67.5. The van der Waals surface area contributed by atoms with Gasteiger partial charge in [0.25, 0.3) is 21.9 Å². The third-order valence-corrected chi connectivity index (χ3v) is 26.5. The molecule has 48 heteroatoms. The Morgan fingerprint density at radius 1 is 0.730 bits per heavy atom. The minimum atomic E-state index is -4.99. The predicted molar refractivity (Wildman–Crippen MR) is 500 cm³/mol. The molecular weight excluding hydrogens is 1910 g/mol. The molecule has 8 amide bonds. The molecule has 0 saturated carbocycles. The van der Waals surface area contributed by atoms with Crippen LogP contribution < -0.4 is 51.3 Å². The molecule has 44 nitrogen and oxygen atoms in total. The monoisotopic (exact) mass is 2020 g/mol. The number of carbonyl (C=O) groups excluding carboxylic acids is 7. The Bertz CT molecular complexity index is 6060. The van der Waals surface area contributed by atoms with Crippen LogP contribution in [0.15, 0.2) is 140 Å². The molecule has 13 rings (SSSR count). The molecule has 9 aromatic rings. The Morgan fingerprint density at radius 2 is 1.46 bits per heavy atom. The number of aliphatic hydroxyl groups is 7. The number of nitrogens with one attached hydrogen (secondary N) is 5. The van der Waals surface area contributed by atoms with E-state index in [1.165, 1.54) is 49.8 Å². The van der Waals surface area contributed by atoms with Crippen LogP contribution in [-0.4, -0.2) is 329 Å². The number of anilines is 1. The van der Waals surface area contributed by atoms with Crippen LogP contribution in [0.3, 0.4) is 0 Å². The molecular formula is C93H111ClFN16O28S2+. The number of para-hydroxylation sites is 2. The predicted octanol–water partition coefficient (Wildman–Crippen LogP) is 2.41. The zero-order chi connectivity index (χ0) is 101. The van der Waals surface area contributed by atoms with Gasteiger partial charge in [0, 0.05) is 79.1 Å². The normalized spacial score (nSPS) is 20.7. The minimum Gasteiger partial charge on any atom is -0.496 e. The molecule has 16 N–H and O–H groups in total. The van der Waals surface area contributed by atoms with Gasteiger partial charge in [-0.2, -0.15) is 8.42 Å². The molecule has 0 radical (unpaired) electrons. The molecule has 5 aromatic carbocycles. The van der Waals surface area contributed by atoms with Crippen molar-refractivity contribution in [1.29, 1.82) is 0 Å². The number of fused-ring (bicyclic) bond motifs is 1. The Hall–Kier alpha value is -12.4. The van der Waals surface area contributed by atoms with Crippen molar-refractivity contribution in [1.82, 2.24) is 66.0 Å². The van der Waals surface area contributed by atoms with Gasteiger partial charge in [-0.15, -0.1) is 16.4 Å². The third-order valence-electron chi connectivity index (χ3n) is 24.1. The maximum atomic E-state index is 14.8. The first kappa shape index (κ1) is 106. The number of ether oxygens (including phenoxy) is 9. The molecule has 4 aromatic heterocycles. The molecule has 0 bridgehead atoms. The number of imide groups is 1. The second-order valence-corrected chi connectivity index (χ2v) is 37.4. The number of rotatable bonds is 47. The van der Waals surface area contributed by atoms with Crippen molar-refractivity contribution in [3.63, 3.8) is 0 Å². The van der Waals surface area contributed by atoms with Crippen molar-refractivity contribution in [2.24, 2.45) is 11.7 Å². The van der Waals surface area contributed by atoms with Crippen LogP contribution in [0.1, 0.15) is 73.0 Å². The standard InChI is InChI=1S/C93H110ClFN16O28S2/c1-50(2)76(105-86(123)63(48-141(128,129)130)103-70(114)27-36-132-37-33-109-71(115)24-25-72(109)116)87(124)104-62(13-10-28-98-93(96)127)85(122)102-57-21-18-54(55(39-57)45-133-46-59-41-110(107-106-59)90-80(120)79(119)82(69(44-113)137-90)139-92-81(121)78(118)77(117)68(43-112)138-92)42-111(4)34-30-108(31-35-111)32-38-134-66-23-22-60(51(3)75(66)94)73-74-88(99-49-100-89(74)140-83(73)52-16-19-56(95)20-17-52)136-67(91(125)126)40-53-11-6-8-14-64(53)135-47-58-26-29-97-84(101-58)61-12-7-9-15-65(61)131-5/h6-9,11-12,14-26,29,39,41,49-50,62-63,67-69,76-82,90,92,112-113,117-121H,10,13,27-28,30-38,40,42-48H2,1-5H3,(H8-,96,98,102,103,104,105,114,122,123,124,125,126,127,128,129,130)/p+1/t62-,63-,67+,68?,69?,76-,77+,78?,79?,80+,81+,82-,90-,92+/m0/s1. The van der Waals surface area contributed by atoms with Crippen molar-refractivity contribution in [2.75, 3.05) is 104 Å². The van der Waals surface area contributed by atoms with Gasteiger partial charge in [-0.1, -0.05) is 85.3 Å². The van der Waals surface area contributed by atoms with Gasteiger partial charge in [0.05, 0.1) is 101 Å². The number of methoxy groups -OCH3 is 1. The molecule has 141 heavy (non-hydrogen) atoms. The smallest absolute Gasteiger partial charge is 0.345 e. The number of benzene rings is 5. The van der Waals surface area contributed by atoms with Crippen LogP contribution in [-0.2, 0) is 100 Å². The van der Waals surface area contributed by atoms with E-state index in [1.807, 2.05) is 31.2 Å². The lowest BCUT2D eigenvalue weighted by atomic mass is 9.96. The Kier molecular flexibility index (Phi) is 36.4. The van der Waals surface area contributed by atoms with E-state index in [0.29, 0.717) is 127 Å². The quantitative estimate of drug-likeness (QED) is 0.0113. The van der Waals surface area contributed by atoms with Gasteiger partial charge < -0.3 is 120 Å². The molecule has 4 aliphatic heterocycles. The molecule has 756 valence electrons. The largest absolute Gasteiger partial charge is 0.496 e. The van der Waals surface area contributed by atoms with E-state index in [4.69, 9.17) is 65.0 Å². The number of nitrogens with two attached hydrogens (primary N) is 1. The number of nitrogens with zero attached hydrogens (tertiary/aromatic N) is 10. The number of urea groups is 1. The highest BCUT2D eigenvalue weighted by molar-refractivity contribution is 7.85. The Balaban J connectivity index is 0.693. The number of quaternary nitrogens is 1. The number of aromatic nitrogens is 7. The van der Waals surface area contributed by atoms with Crippen molar-refractivity contribution in [3.05, 3.63) is 185 Å². The van der Waals surface area contributed by atoms with Gasteiger partial charge in [-0.05, 0) is 108 Å². The van der Waals surface area contributed by atoms with Crippen LogP contribution in [0, 0.1) is 18.7 Å². The van der Waals surface area contributed by atoms with E-state index in [9.17, 15) is 96.6 Å². The number of aliphatic carboxylic acids is 1. The first-order valence-electron chi connectivity index (χ1n) is 45.0. The fraction of sp³-hybridized carbons (Fsp3) is 0.441. The number of thiophene rings is 1. The number of hydrogen-bond acceptors (Lipinski definition) is 34. The molecule has 3 fully saturated rings. The lowest BCUT2D eigenvalue weighted by molar-refractivity contribution is -0.926. The summed E-state index contributed by atoms with van der Waals surface area (Å²) in [7, 11) is -1.35. The van der Waals surface area contributed by atoms with Gasteiger partial charge in [0.15, 0.2) is 18.3 Å². The molecule has 4 aliphatic rings. The summed E-state index contributed by atoms with van der Waals surface area (Å²) < 4.78 is 104. The molecule has 3 saturated heterocycles. The summed E-state index contributed by atoms with van der Waals surface area (Å²) in [5.74, 6) is -7.18. The Morgan fingerprint density at radius 3 is 2.17 bits per heavy atom. The number of hydrogen-bond donors (Lipinski definition) is 15. The molecule has 0 spiro atoms.